The normalized spacial score (nSPS) is 26.9. The first kappa shape index (κ1) is 9.54. The highest BCUT2D eigenvalue weighted by molar-refractivity contribution is 7.96. The molecule has 1 atom stereocenters. The van der Waals surface area contributed by atoms with Crippen molar-refractivity contribution in [2.45, 2.75) is 32.2 Å². The molecule has 0 aromatic carbocycles. The summed E-state index contributed by atoms with van der Waals surface area (Å²) in [5.74, 6) is -1.41. The molecule has 0 bridgehead atoms. The number of hydrogen-bond donors (Lipinski definition) is 1. The molecule has 1 unspecified atom stereocenters. The summed E-state index contributed by atoms with van der Waals surface area (Å²) in [6, 6.07) is 0. The summed E-state index contributed by atoms with van der Waals surface area (Å²) < 4.78 is 9.95. The Bertz CT molecular complexity index is 223. The minimum absolute atomic E-state index is 0.0363. The topological polar surface area (TPSA) is 52.6 Å². The fourth-order valence-electron chi connectivity index (χ4n) is 1.01. The van der Waals surface area contributed by atoms with Crippen molar-refractivity contribution in [2.24, 2.45) is 0 Å². The van der Waals surface area contributed by atoms with Gasteiger partial charge < -0.3 is 9.47 Å². The minimum Gasteiger partial charge on any atom is -0.432 e. The smallest absolute Gasteiger partial charge is 0.338 e. The first-order valence-electron chi connectivity index (χ1n) is 3.53. The van der Waals surface area contributed by atoms with Gasteiger partial charge in [-0.1, -0.05) is 0 Å². The quantitative estimate of drug-likeness (QED) is 0.509. The van der Waals surface area contributed by atoms with Crippen LogP contribution in [0.25, 0.3) is 0 Å². The van der Waals surface area contributed by atoms with Crippen molar-refractivity contribution >= 4 is 23.7 Å². The van der Waals surface area contributed by atoms with Gasteiger partial charge in [0.2, 0.25) is 5.79 Å². The highest BCUT2D eigenvalue weighted by Gasteiger charge is 2.41. The Hall–Kier alpha value is -0.550. The van der Waals surface area contributed by atoms with E-state index in [1.807, 2.05) is 0 Å². The molecule has 4 nitrogen and oxygen atoms in total. The van der Waals surface area contributed by atoms with Crippen LogP contribution in [-0.4, -0.2) is 23.0 Å². The molecule has 0 aromatic heterocycles. The maximum Gasteiger partial charge on any atom is 0.338 e. The maximum atomic E-state index is 11.0. The van der Waals surface area contributed by atoms with Crippen LogP contribution in [0.15, 0.2) is 0 Å². The van der Waals surface area contributed by atoms with Crippen molar-refractivity contribution in [3.05, 3.63) is 0 Å². The molecule has 1 rings (SSSR count). The van der Waals surface area contributed by atoms with E-state index in [9.17, 15) is 9.59 Å². The van der Waals surface area contributed by atoms with E-state index in [0.717, 1.165) is 0 Å². The predicted octanol–water partition coefficient (Wildman–Crippen LogP) is 0.511. The second kappa shape index (κ2) is 3.06. The first-order chi connectivity index (χ1) is 5.41. The summed E-state index contributed by atoms with van der Waals surface area (Å²) in [5, 5.41) is -0.380. The van der Waals surface area contributed by atoms with Gasteiger partial charge in [0, 0.05) is 13.8 Å². The van der Waals surface area contributed by atoms with E-state index in [2.05, 4.69) is 12.6 Å². The lowest BCUT2D eigenvalue weighted by molar-refractivity contribution is -0.160. The van der Waals surface area contributed by atoms with Crippen LogP contribution >= 0.6 is 12.6 Å². The van der Waals surface area contributed by atoms with Crippen LogP contribution in [0.5, 0.6) is 0 Å². The average molecular weight is 190 g/mol. The Morgan fingerprint density at radius 2 is 2.25 bits per heavy atom. The predicted molar refractivity (Wildman–Crippen MR) is 43.7 cm³/mol. The number of carbonyl (C=O) groups is 2. The molecular weight excluding hydrogens is 180 g/mol. The van der Waals surface area contributed by atoms with Crippen LogP contribution in [0.4, 0.5) is 0 Å². The van der Waals surface area contributed by atoms with Crippen LogP contribution in [0.2, 0.25) is 0 Å². The largest absolute Gasteiger partial charge is 0.432 e. The Morgan fingerprint density at radius 1 is 1.67 bits per heavy atom. The van der Waals surface area contributed by atoms with Crippen molar-refractivity contribution in [1.29, 1.82) is 0 Å². The third-order valence-electron chi connectivity index (χ3n) is 1.40. The van der Waals surface area contributed by atoms with Gasteiger partial charge in [-0.15, -0.1) is 12.6 Å². The first-order valence-corrected chi connectivity index (χ1v) is 3.98. The Kier molecular flexibility index (Phi) is 2.44. The van der Waals surface area contributed by atoms with Gasteiger partial charge in [-0.2, -0.15) is 0 Å². The maximum absolute atomic E-state index is 11.0. The molecule has 0 saturated carbocycles. The second-order valence-electron chi connectivity index (χ2n) is 3.03. The number of carbonyl (C=O) groups excluding carboxylic acids is 2. The zero-order valence-corrected chi connectivity index (χ0v) is 7.76. The summed E-state index contributed by atoms with van der Waals surface area (Å²) in [6.07, 6.45) is -0.823. The lowest BCUT2D eigenvalue weighted by Crippen LogP contribution is -2.22. The van der Waals surface area contributed by atoms with Crippen LogP contribution in [0, 0.1) is 0 Å². The van der Waals surface area contributed by atoms with E-state index in [-0.39, 0.29) is 11.5 Å². The standard InChI is InChI=1S/C7H10O4S/c1-7(2)10-4(3-5(8)12)6(9)11-7/h4H,3H2,1-2H3,(H,8,12). The Balaban J connectivity index is 2.58. The Labute approximate surface area is 75.6 Å². The van der Waals surface area contributed by atoms with Crippen molar-refractivity contribution in [2.75, 3.05) is 0 Å². The molecule has 1 aliphatic heterocycles. The number of rotatable bonds is 2. The van der Waals surface area contributed by atoms with E-state index < -0.39 is 17.9 Å². The van der Waals surface area contributed by atoms with Gasteiger partial charge in [0.1, 0.15) is 0 Å². The molecule has 0 aromatic rings. The summed E-state index contributed by atoms with van der Waals surface area (Å²) in [6.45, 7) is 3.24. The summed E-state index contributed by atoms with van der Waals surface area (Å²) in [7, 11) is 0. The monoisotopic (exact) mass is 190 g/mol. The van der Waals surface area contributed by atoms with Crippen LogP contribution in [-0.2, 0) is 19.1 Å². The van der Waals surface area contributed by atoms with Gasteiger partial charge in [0.25, 0.3) is 0 Å². The molecule has 0 amide bonds. The average Bonchev–Trinajstić information content (AvgIpc) is 2.03. The lowest BCUT2D eigenvalue weighted by atomic mass is 10.3. The zero-order chi connectivity index (χ0) is 9.35. The van der Waals surface area contributed by atoms with E-state index in [0.29, 0.717) is 0 Å². The van der Waals surface area contributed by atoms with E-state index in [4.69, 9.17) is 9.47 Å². The van der Waals surface area contributed by atoms with Crippen molar-refractivity contribution in [3.8, 4) is 0 Å². The molecule has 1 saturated heterocycles. The summed E-state index contributed by atoms with van der Waals surface area (Å²) >= 11 is 3.54. The number of esters is 1. The van der Waals surface area contributed by atoms with Crippen molar-refractivity contribution in [1.82, 2.24) is 0 Å². The summed E-state index contributed by atoms with van der Waals surface area (Å²) in [5.41, 5.74) is 0. The number of hydrogen-bond acceptors (Lipinski definition) is 4. The van der Waals surface area contributed by atoms with Crippen molar-refractivity contribution < 1.29 is 19.1 Å². The fraction of sp³-hybridized carbons (Fsp3) is 0.714. The fourth-order valence-corrected chi connectivity index (χ4v) is 1.17. The third-order valence-corrected chi connectivity index (χ3v) is 1.58. The molecule has 1 heterocycles. The zero-order valence-electron chi connectivity index (χ0n) is 6.86. The summed E-state index contributed by atoms with van der Waals surface area (Å²) in [4.78, 5) is 21.5. The van der Waals surface area contributed by atoms with Gasteiger partial charge in [-0.3, -0.25) is 4.79 Å². The van der Waals surface area contributed by atoms with Crippen LogP contribution < -0.4 is 0 Å². The van der Waals surface area contributed by atoms with Gasteiger partial charge in [0.05, 0.1) is 6.42 Å². The van der Waals surface area contributed by atoms with E-state index in [1.165, 1.54) is 0 Å². The molecule has 1 fully saturated rings. The van der Waals surface area contributed by atoms with E-state index >= 15 is 0 Å². The third kappa shape index (κ3) is 2.22. The van der Waals surface area contributed by atoms with Crippen molar-refractivity contribution in [3.63, 3.8) is 0 Å². The highest BCUT2D eigenvalue weighted by Crippen LogP contribution is 2.25. The van der Waals surface area contributed by atoms with E-state index in [1.54, 1.807) is 13.8 Å². The SMILES string of the molecule is CC1(C)OC(=O)C(CC(=O)S)O1. The molecule has 5 heteroatoms. The second-order valence-corrected chi connectivity index (χ2v) is 3.52. The lowest BCUT2D eigenvalue weighted by Gasteiger charge is -2.14. The number of cyclic esters (lactones) is 1. The highest BCUT2D eigenvalue weighted by atomic mass is 32.1. The molecule has 0 spiro atoms. The molecule has 0 radical (unpaired) electrons. The van der Waals surface area contributed by atoms with Gasteiger partial charge in [0.15, 0.2) is 11.2 Å². The minimum atomic E-state index is -0.912. The van der Waals surface area contributed by atoms with Crippen LogP contribution in [0.3, 0.4) is 0 Å². The molecule has 0 N–H and O–H groups in total. The molecule has 68 valence electrons. The van der Waals surface area contributed by atoms with Crippen LogP contribution in [0.1, 0.15) is 20.3 Å². The van der Waals surface area contributed by atoms with Gasteiger partial charge in [-0.25, -0.2) is 4.79 Å². The number of thiol groups is 1. The Morgan fingerprint density at radius 3 is 2.58 bits per heavy atom. The number of ether oxygens (including phenoxy) is 2. The molecule has 12 heavy (non-hydrogen) atoms. The molecular formula is C7H10O4S. The van der Waals surface area contributed by atoms with Gasteiger partial charge >= 0.3 is 5.97 Å². The molecule has 1 aliphatic rings. The molecule has 0 aliphatic carbocycles. The van der Waals surface area contributed by atoms with Gasteiger partial charge in [-0.05, 0) is 0 Å².